The van der Waals surface area contributed by atoms with Crippen LogP contribution in [0.1, 0.15) is 52.4 Å². The molecule has 0 aromatic heterocycles. The molecule has 0 aromatic carbocycles. The van der Waals surface area contributed by atoms with Crippen LogP contribution < -0.4 is 5.73 Å². The molecule has 1 aliphatic carbocycles. The Morgan fingerprint density at radius 1 is 1.38 bits per heavy atom. The van der Waals surface area contributed by atoms with Gasteiger partial charge in [-0.2, -0.15) is 0 Å². The summed E-state index contributed by atoms with van der Waals surface area (Å²) in [5, 5.41) is 0. The largest absolute Gasteiger partial charge is 0.365 e. The Bertz CT molecular complexity index is 327. The van der Waals surface area contributed by atoms with Crippen LogP contribution in [0.3, 0.4) is 0 Å². The smallest absolute Gasteiger partial charge is 0.251 e. The molecule has 5 heteroatoms. The number of amides is 1. The maximum absolute atomic E-state index is 12.6. The topological polar surface area (TPSA) is 55.6 Å². The lowest BCUT2D eigenvalue weighted by atomic mass is 9.88. The number of carbonyl (C=O) groups excluding carboxylic acids is 1. The average Bonchev–Trinajstić information content (AvgIpc) is 2.93. The molecule has 2 N–H and O–H groups in total. The Morgan fingerprint density at radius 3 is 2.71 bits per heavy atom. The second-order valence-corrected chi connectivity index (χ2v) is 6.60. The van der Waals surface area contributed by atoms with Crippen molar-refractivity contribution in [3.8, 4) is 0 Å². The zero-order chi connectivity index (χ0) is 14.5. The van der Waals surface area contributed by atoms with Crippen LogP contribution in [0.4, 0.5) is 0 Å². The highest BCUT2D eigenvalue weighted by molar-refractivity contribution is 5.85. The zero-order valence-electron chi connectivity index (χ0n) is 13.4. The molecule has 124 valence electrons. The fourth-order valence-electron chi connectivity index (χ4n) is 3.49. The maximum atomic E-state index is 12.6. The van der Waals surface area contributed by atoms with E-state index in [2.05, 4.69) is 6.92 Å². The summed E-state index contributed by atoms with van der Waals surface area (Å²) in [5.74, 6) is 1.39. The summed E-state index contributed by atoms with van der Waals surface area (Å²) in [6, 6.07) is 0. The van der Waals surface area contributed by atoms with Crippen molar-refractivity contribution in [2.24, 2.45) is 17.6 Å². The van der Waals surface area contributed by atoms with Crippen molar-refractivity contribution < 1.29 is 9.53 Å². The van der Waals surface area contributed by atoms with E-state index in [9.17, 15) is 4.79 Å². The van der Waals surface area contributed by atoms with Crippen LogP contribution in [0.15, 0.2) is 0 Å². The van der Waals surface area contributed by atoms with Gasteiger partial charge in [-0.15, -0.1) is 12.4 Å². The summed E-state index contributed by atoms with van der Waals surface area (Å²) in [6.45, 7) is 6.68. The predicted octanol–water partition coefficient (Wildman–Crippen LogP) is 2.59. The van der Waals surface area contributed by atoms with Crippen LogP contribution in [-0.4, -0.2) is 42.6 Å². The van der Waals surface area contributed by atoms with E-state index in [0.717, 1.165) is 44.7 Å². The Balaban J connectivity index is 0.00000220. The molecule has 2 aliphatic rings. The Labute approximate surface area is 135 Å². The Hall–Kier alpha value is -0.320. The van der Waals surface area contributed by atoms with Gasteiger partial charge in [0.2, 0.25) is 0 Å². The van der Waals surface area contributed by atoms with Gasteiger partial charge in [0, 0.05) is 13.1 Å². The molecule has 1 amide bonds. The molecule has 4 nitrogen and oxygen atoms in total. The highest BCUT2D eigenvalue weighted by atomic mass is 35.5. The fourth-order valence-corrected chi connectivity index (χ4v) is 3.49. The van der Waals surface area contributed by atoms with Crippen molar-refractivity contribution in [3.05, 3.63) is 0 Å². The van der Waals surface area contributed by atoms with Crippen LogP contribution in [0, 0.1) is 11.8 Å². The molecule has 4 atom stereocenters. The van der Waals surface area contributed by atoms with Gasteiger partial charge in [0.25, 0.3) is 5.91 Å². The summed E-state index contributed by atoms with van der Waals surface area (Å²) < 4.78 is 6.13. The van der Waals surface area contributed by atoms with E-state index in [0.29, 0.717) is 12.5 Å². The molecule has 1 saturated heterocycles. The predicted molar refractivity (Wildman–Crippen MR) is 87.6 cm³/mol. The molecule has 2 fully saturated rings. The number of rotatable bonds is 5. The number of ether oxygens (including phenoxy) is 1. The number of halogens is 1. The van der Waals surface area contributed by atoms with E-state index >= 15 is 0 Å². The molecule has 0 bridgehead atoms. The molecular weight excluding hydrogens is 288 g/mol. The van der Waals surface area contributed by atoms with Crippen molar-refractivity contribution in [3.63, 3.8) is 0 Å². The number of hydrogen-bond donors (Lipinski definition) is 1. The van der Waals surface area contributed by atoms with Gasteiger partial charge in [0.05, 0.1) is 6.10 Å². The maximum Gasteiger partial charge on any atom is 0.251 e. The summed E-state index contributed by atoms with van der Waals surface area (Å²) in [5.41, 5.74) is 5.70. The second-order valence-electron chi connectivity index (χ2n) is 6.60. The van der Waals surface area contributed by atoms with Gasteiger partial charge in [0.1, 0.15) is 6.10 Å². The van der Waals surface area contributed by atoms with E-state index in [4.69, 9.17) is 10.5 Å². The lowest BCUT2D eigenvalue weighted by Crippen LogP contribution is -2.41. The third-order valence-corrected chi connectivity index (χ3v) is 4.82. The molecule has 4 unspecified atom stereocenters. The van der Waals surface area contributed by atoms with Crippen molar-refractivity contribution in [2.75, 3.05) is 19.6 Å². The molecule has 21 heavy (non-hydrogen) atoms. The lowest BCUT2D eigenvalue weighted by Gasteiger charge is -2.31. The minimum Gasteiger partial charge on any atom is -0.365 e. The molecular formula is C16H31ClN2O2. The van der Waals surface area contributed by atoms with Crippen molar-refractivity contribution in [1.29, 1.82) is 0 Å². The molecule has 0 radical (unpaired) electrons. The van der Waals surface area contributed by atoms with E-state index in [-0.39, 0.29) is 30.5 Å². The number of nitrogens with zero attached hydrogens (tertiary/aromatic N) is 1. The van der Waals surface area contributed by atoms with Gasteiger partial charge in [-0.05, 0) is 44.1 Å². The first kappa shape index (κ1) is 18.7. The first-order valence-corrected chi connectivity index (χ1v) is 8.28. The van der Waals surface area contributed by atoms with Gasteiger partial charge in [-0.3, -0.25) is 4.79 Å². The third kappa shape index (κ3) is 5.11. The number of carbonyl (C=O) groups is 1. The Kier molecular flexibility index (Phi) is 7.99. The van der Waals surface area contributed by atoms with E-state index in [1.807, 2.05) is 11.8 Å². The number of nitrogens with two attached hydrogens (primary N) is 1. The fraction of sp³-hybridized carbons (Fsp3) is 0.938. The van der Waals surface area contributed by atoms with Gasteiger partial charge in [0.15, 0.2) is 0 Å². The molecule has 0 spiro atoms. The molecule has 1 heterocycles. The van der Waals surface area contributed by atoms with Gasteiger partial charge in [-0.1, -0.05) is 26.7 Å². The zero-order valence-corrected chi connectivity index (χ0v) is 14.2. The van der Waals surface area contributed by atoms with Crippen LogP contribution in [0.25, 0.3) is 0 Å². The van der Waals surface area contributed by atoms with E-state index < -0.39 is 0 Å². The van der Waals surface area contributed by atoms with Gasteiger partial charge >= 0.3 is 0 Å². The van der Waals surface area contributed by atoms with Gasteiger partial charge in [-0.25, -0.2) is 0 Å². The normalized spacial score (nSPS) is 30.8. The standard InChI is InChI=1S/C16H30N2O2.ClH/c1-3-15(20-14-6-4-5-12(2)9-14)16(19)18-8-7-13(10-17)11-18;/h12-15H,3-11,17H2,1-2H3;1H. The van der Waals surface area contributed by atoms with Crippen LogP contribution in [0.5, 0.6) is 0 Å². The highest BCUT2D eigenvalue weighted by Gasteiger charge is 2.32. The number of likely N-dealkylation sites (tertiary alicyclic amines) is 1. The van der Waals surface area contributed by atoms with E-state index in [1.54, 1.807) is 0 Å². The van der Waals surface area contributed by atoms with Crippen LogP contribution in [-0.2, 0) is 9.53 Å². The lowest BCUT2D eigenvalue weighted by molar-refractivity contribution is -0.148. The monoisotopic (exact) mass is 318 g/mol. The van der Waals surface area contributed by atoms with Gasteiger partial charge < -0.3 is 15.4 Å². The summed E-state index contributed by atoms with van der Waals surface area (Å²) in [7, 11) is 0. The SMILES string of the molecule is CCC(OC1CCCC(C)C1)C(=O)N1CCC(CN)C1.Cl. The minimum absolute atomic E-state index is 0. The summed E-state index contributed by atoms with van der Waals surface area (Å²) in [6.07, 6.45) is 6.59. The quantitative estimate of drug-likeness (QED) is 0.847. The second kappa shape index (κ2) is 8.96. The third-order valence-electron chi connectivity index (χ3n) is 4.82. The first-order chi connectivity index (χ1) is 9.63. The molecule has 2 rings (SSSR count). The first-order valence-electron chi connectivity index (χ1n) is 8.28. The molecule has 0 aromatic rings. The van der Waals surface area contributed by atoms with Crippen molar-refractivity contribution in [2.45, 2.75) is 64.6 Å². The van der Waals surface area contributed by atoms with Crippen molar-refractivity contribution in [1.82, 2.24) is 4.90 Å². The molecule has 1 saturated carbocycles. The van der Waals surface area contributed by atoms with Crippen molar-refractivity contribution >= 4 is 18.3 Å². The van der Waals surface area contributed by atoms with Crippen LogP contribution in [0.2, 0.25) is 0 Å². The average molecular weight is 319 g/mol. The molecule has 1 aliphatic heterocycles. The van der Waals surface area contributed by atoms with Crippen LogP contribution >= 0.6 is 12.4 Å². The summed E-state index contributed by atoms with van der Waals surface area (Å²) in [4.78, 5) is 14.5. The Morgan fingerprint density at radius 2 is 2.14 bits per heavy atom. The highest BCUT2D eigenvalue weighted by Crippen LogP contribution is 2.27. The summed E-state index contributed by atoms with van der Waals surface area (Å²) >= 11 is 0. The minimum atomic E-state index is -0.248. The van der Waals surface area contributed by atoms with E-state index in [1.165, 1.54) is 12.8 Å². The number of hydrogen-bond acceptors (Lipinski definition) is 3.